The summed E-state index contributed by atoms with van der Waals surface area (Å²) in [4.78, 5) is 18.2. The SMILES string of the molecule is O=C(NCC1(c2cccs2)CCOCC1)c1ccc2ncsc2c1. The highest BCUT2D eigenvalue weighted by Crippen LogP contribution is 2.37. The molecule has 1 N–H and O–H groups in total. The van der Waals surface area contributed by atoms with Crippen molar-refractivity contribution in [2.75, 3.05) is 19.8 Å². The third-order valence-corrected chi connectivity index (χ3v) is 6.58. The molecular formula is C18H18N2O2S2. The molecule has 6 heteroatoms. The van der Waals surface area contributed by atoms with Crippen LogP contribution in [-0.4, -0.2) is 30.6 Å². The van der Waals surface area contributed by atoms with Crippen LogP contribution in [0.2, 0.25) is 0 Å². The van der Waals surface area contributed by atoms with Crippen molar-refractivity contribution in [2.45, 2.75) is 18.3 Å². The number of fused-ring (bicyclic) bond motifs is 1. The van der Waals surface area contributed by atoms with Crippen LogP contribution in [0.25, 0.3) is 10.2 Å². The Kier molecular flexibility index (Phi) is 4.35. The predicted octanol–water partition coefficient (Wildman–Crippen LogP) is 3.84. The molecule has 0 saturated carbocycles. The summed E-state index contributed by atoms with van der Waals surface area (Å²) in [5.74, 6) is -0.0206. The van der Waals surface area contributed by atoms with Crippen molar-refractivity contribution < 1.29 is 9.53 Å². The van der Waals surface area contributed by atoms with E-state index in [0.29, 0.717) is 12.1 Å². The number of nitrogens with zero attached hydrogens (tertiary/aromatic N) is 1. The molecule has 4 nitrogen and oxygen atoms in total. The second kappa shape index (κ2) is 6.63. The molecule has 1 aliphatic rings. The van der Waals surface area contributed by atoms with Gasteiger partial charge in [-0.3, -0.25) is 4.79 Å². The molecule has 0 unspecified atom stereocenters. The van der Waals surface area contributed by atoms with Gasteiger partial charge in [0.05, 0.1) is 15.7 Å². The molecule has 1 amide bonds. The number of ether oxygens (including phenoxy) is 1. The van der Waals surface area contributed by atoms with Gasteiger partial charge in [0.15, 0.2) is 0 Å². The summed E-state index contributed by atoms with van der Waals surface area (Å²) in [5.41, 5.74) is 3.44. The summed E-state index contributed by atoms with van der Waals surface area (Å²) in [6.07, 6.45) is 1.89. The van der Waals surface area contributed by atoms with Gasteiger partial charge >= 0.3 is 0 Å². The van der Waals surface area contributed by atoms with Gasteiger partial charge in [0, 0.05) is 35.6 Å². The summed E-state index contributed by atoms with van der Waals surface area (Å²) in [5, 5.41) is 5.25. The maximum Gasteiger partial charge on any atom is 0.251 e. The topological polar surface area (TPSA) is 51.2 Å². The quantitative estimate of drug-likeness (QED) is 0.771. The molecule has 1 saturated heterocycles. The average molecular weight is 358 g/mol. The van der Waals surface area contributed by atoms with E-state index in [-0.39, 0.29) is 11.3 Å². The molecule has 0 aliphatic carbocycles. The smallest absolute Gasteiger partial charge is 0.251 e. The van der Waals surface area contributed by atoms with Gasteiger partial charge in [0.25, 0.3) is 5.91 Å². The lowest BCUT2D eigenvalue weighted by atomic mass is 9.78. The Hall–Kier alpha value is -1.76. The highest BCUT2D eigenvalue weighted by Gasteiger charge is 2.35. The minimum absolute atomic E-state index is 0.00331. The van der Waals surface area contributed by atoms with Gasteiger partial charge in [-0.15, -0.1) is 22.7 Å². The van der Waals surface area contributed by atoms with Crippen LogP contribution >= 0.6 is 22.7 Å². The lowest BCUT2D eigenvalue weighted by Gasteiger charge is -2.36. The average Bonchev–Trinajstić information content (AvgIpc) is 3.31. The number of rotatable bonds is 4. The molecule has 0 bridgehead atoms. The van der Waals surface area contributed by atoms with Crippen molar-refractivity contribution in [3.8, 4) is 0 Å². The molecular weight excluding hydrogens is 340 g/mol. The van der Waals surface area contributed by atoms with E-state index in [4.69, 9.17) is 4.74 Å². The van der Waals surface area contributed by atoms with Crippen LogP contribution in [0, 0.1) is 0 Å². The van der Waals surface area contributed by atoms with Gasteiger partial charge in [0.1, 0.15) is 0 Å². The van der Waals surface area contributed by atoms with Crippen LogP contribution in [0.3, 0.4) is 0 Å². The van der Waals surface area contributed by atoms with Crippen LogP contribution < -0.4 is 5.32 Å². The Labute approximate surface area is 148 Å². The maximum absolute atomic E-state index is 12.6. The van der Waals surface area contributed by atoms with Crippen LogP contribution in [0.15, 0.2) is 41.2 Å². The van der Waals surface area contributed by atoms with E-state index >= 15 is 0 Å². The molecule has 2 aromatic heterocycles. The molecule has 3 aromatic rings. The number of aromatic nitrogens is 1. The molecule has 1 aromatic carbocycles. The van der Waals surface area contributed by atoms with E-state index in [1.807, 2.05) is 18.2 Å². The van der Waals surface area contributed by atoms with Crippen molar-refractivity contribution in [3.05, 3.63) is 51.7 Å². The standard InChI is InChI=1S/C18H18N2O2S2/c21-17(13-3-4-14-15(10-13)24-12-20-14)19-11-18(5-7-22-8-6-18)16-2-1-9-23-16/h1-4,9-10,12H,5-8,11H2,(H,19,21). The molecule has 0 spiro atoms. The number of thiazole rings is 1. The minimum Gasteiger partial charge on any atom is -0.381 e. The molecule has 3 heterocycles. The number of nitrogens with one attached hydrogen (secondary N) is 1. The largest absolute Gasteiger partial charge is 0.381 e. The van der Waals surface area contributed by atoms with Gasteiger partial charge in [-0.1, -0.05) is 6.07 Å². The van der Waals surface area contributed by atoms with E-state index in [2.05, 4.69) is 27.8 Å². The molecule has 24 heavy (non-hydrogen) atoms. The van der Waals surface area contributed by atoms with E-state index in [1.165, 1.54) is 4.88 Å². The fraction of sp³-hybridized carbons (Fsp3) is 0.333. The van der Waals surface area contributed by atoms with Crippen molar-refractivity contribution in [2.24, 2.45) is 0 Å². The van der Waals surface area contributed by atoms with Crippen LogP contribution in [0.4, 0.5) is 0 Å². The fourth-order valence-electron chi connectivity index (χ4n) is 3.20. The number of carbonyl (C=O) groups is 1. The van der Waals surface area contributed by atoms with E-state index in [0.717, 1.165) is 36.3 Å². The summed E-state index contributed by atoms with van der Waals surface area (Å²) in [7, 11) is 0. The first-order valence-corrected chi connectivity index (χ1v) is 9.76. The lowest BCUT2D eigenvalue weighted by molar-refractivity contribution is 0.0499. The third kappa shape index (κ3) is 2.97. The first kappa shape index (κ1) is 15.7. The van der Waals surface area contributed by atoms with E-state index < -0.39 is 0 Å². The first-order chi connectivity index (χ1) is 11.8. The molecule has 0 radical (unpaired) electrons. The Morgan fingerprint density at radius 2 is 2.12 bits per heavy atom. The third-order valence-electron chi connectivity index (χ3n) is 4.67. The van der Waals surface area contributed by atoms with Gasteiger partial charge in [-0.25, -0.2) is 4.98 Å². The Morgan fingerprint density at radius 3 is 2.92 bits per heavy atom. The van der Waals surface area contributed by atoms with Crippen molar-refractivity contribution in [1.82, 2.24) is 10.3 Å². The minimum atomic E-state index is -0.0206. The number of thiophene rings is 1. The molecule has 0 atom stereocenters. The number of carbonyl (C=O) groups excluding carboxylic acids is 1. The number of amides is 1. The van der Waals surface area contributed by atoms with Gasteiger partial charge < -0.3 is 10.1 Å². The maximum atomic E-state index is 12.6. The highest BCUT2D eigenvalue weighted by atomic mass is 32.1. The van der Waals surface area contributed by atoms with Crippen molar-refractivity contribution in [1.29, 1.82) is 0 Å². The Balaban J connectivity index is 1.52. The lowest BCUT2D eigenvalue weighted by Crippen LogP contribution is -2.44. The molecule has 4 rings (SSSR count). The van der Waals surface area contributed by atoms with E-state index in [1.54, 1.807) is 28.2 Å². The fourth-order valence-corrected chi connectivity index (χ4v) is 4.90. The predicted molar refractivity (Wildman–Crippen MR) is 98.0 cm³/mol. The zero-order valence-corrected chi connectivity index (χ0v) is 14.8. The van der Waals surface area contributed by atoms with Gasteiger partial charge in [-0.2, -0.15) is 0 Å². The summed E-state index contributed by atoms with van der Waals surface area (Å²) < 4.78 is 6.58. The summed E-state index contributed by atoms with van der Waals surface area (Å²) in [6, 6.07) is 9.93. The van der Waals surface area contributed by atoms with Crippen molar-refractivity contribution in [3.63, 3.8) is 0 Å². The molecule has 124 valence electrons. The van der Waals surface area contributed by atoms with Crippen molar-refractivity contribution >= 4 is 38.8 Å². The second-order valence-electron chi connectivity index (χ2n) is 6.09. The van der Waals surface area contributed by atoms with Gasteiger partial charge in [-0.05, 0) is 42.5 Å². The number of benzene rings is 1. The zero-order valence-electron chi connectivity index (χ0n) is 13.2. The van der Waals surface area contributed by atoms with Crippen LogP contribution in [0.1, 0.15) is 28.1 Å². The first-order valence-electron chi connectivity index (χ1n) is 8.00. The normalized spacial score (nSPS) is 17.0. The van der Waals surface area contributed by atoms with Gasteiger partial charge in [0.2, 0.25) is 0 Å². The van der Waals surface area contributed by atoms with E-state index in [9.17, 15) is 4.79 Å². The zero-order chi connectivity index (χ0) is 16.4. The summed E-state index contributed by atoms with van der Waals surface area (Å²) >= 11 is 3.32. The molecule has 1 fully saturated rings. The highest BCUT2D eigenvalue weighted by molar-refractivity contribution is 7.16. The van der Waals surface area contributed by atoms with Crippen LogP contribution in [0.5, 0.6) is 0 Å². The monoisotopic (exact) mass is 358 g/mol. The number of hydrogen-bond acceptors (Lipinski definition) is 5. The second-order valence-corrected chi connectivity index (χ2v) is 7.92. The Morgan fingerprint density at radius 1 is 1.25 bits per heavy atom. The van der Waals surface area contributed by atoms with Crippen LogP contribution in [-0.2, 0) is 10.2 Å². The number of hydrogen-bond donors (Lipinski definition) is 1. The summed E-state index contributed by atoms with van der Waals surface area (Å²) in [6.45, 7) is 2.15. The Bertz CT molecular complexity index is 836. The molecule has 1 aliphatic heterocycles.